The number of phenolic OH excluding ortho intramolecular Hbond substituents is 1. The minimum absolute atomic E-state index is 0.00512. The van der Waals surface area contributed by atoms with E-state index in [1.807, 2.05) is 30.4 Å². The van der Waals surface area contributed by atoms with Crippen molar-refractivity contribution >= 4 is 46.5 Å². The number of fused-ring (bicyclic) bond motifs is 1. The fourth-order valence-corrected chi connectivity index (χ4v) is 4.50. The predicted octanol–water partition coefficient (Wildman–Crippen LogP) is 5.70. The van der Waals surface area contributed by atoms with E-state index in [1.165, 1.54) is 6.07 Å². The van der Waals surface area contributed by atoms with E-state index in [1.54, 1.807) is 71.7 Å². The molecule has 0 fully saturated rings. The molecule has 5 aromatic rings. The number of aromatic hydroxyl groups is 1. The number of carbonyl (C=O) groups excluding carboxylic acids is 1. The third kappa shape index (κ3) is 6.54. The number of hydrogen-bond donors (Lipinski definition) is 3. The van der Waals surface area contributed by atoms with Crippen LogP contribution in [0.5, 0.6) is 5.75 Å². The van der Waals surface area contributed by atoms with Crippen LogP contribution in [0.2, 0.25) is 5.02 Å². The maximum absolute atomic E-state index is 13.3. The number of amides is 1. The summed E-state index contributed by atoms with van der Waals surface area (Å²) >= 11 is 5.95. The summed E-state index contributed by atoms with van der Waals surface area (Å²) in [5.74, 6) is -1.49. The minimum atomic E-state index is -1.16. The van der Waals surface area contributed by atoms with Gasteiger partial charge in [-0.1, -0.05) is 54.1 Å². The first-order valence-corrected chi connectivity index (χ1v) is 12.9. The first-order chi connectivity index (χ1) is 19.3. The third-order valence-electron chi connectivity index (χ3n) is 6.35. The Morgan fingerprint density at radius 2 is 1.70 bits per heavy atom. The van der Waals surface area contributed by atoms with Crippen molar-refractivity contribution in [2.45, 2.75) is 19.0 Å². The molecule has 40 heavy (non-hydrogen) atoms. The van der Waals surface area contributed by atoms with Gasteiger partial charge < -0.3 is 15.5 Å². The summed E-state index contributed by atoms with van der Waals surface area (Å²) in [7, 11) is 0. The van der Waals surface area contributed by atoms with E-state index in [-0.39, 0.29) is 23.0 Å². The van der Waals surface area contributed by atoms with Crippen LogP contribution in [0.3, 0.4) is 0 Å². The number of nitrogens with zero attached hydrogens (tertiary/aromatic N) is 3. The highest BCUT2D eigenvalue weighted by molar-refractivity contribution is 6.30. The molecule has 0 saturated carbocycles. The van der Waals surface area contributed by atoms with E-state index in [0.29, 0.717) is 28.9 Å². The van der Waals surface area contributed by atoms with Crippen molar-refractivity contribution in [3.05, 3.63) is 124 Å². The summed E-state index contributed by atoms with van der Waals surface area (Å²) in [6, 6.07) is 22.1. The average molecular weight is 553 g/mol. The van der Waals surface area contributed by atoms with Crippen molar-refractivity contribution in [3.63, 3.8) is 0 Å². The number of carboxylic acids is 1. The molecule has 2 aromatic heterocycles. The summed E-state index contributed by atoms with van der Waals surface area (Å²) in [6.45, 7) is 0.391. The Labute approximate surface area is 235 Å². The second-order valence-corrected chi connectivity index (χ2v) is 9.73. The van der Waals surface area contributed by atoms with Gasteiger partial charge in [-0.05, 0) is 71.6 Å². The van der Waals surface area contributed by atoms with E-state index in [4.69, 9.17) is 11.6 Å². The lowest BCUT2D eigenvalue weighted by atomic mass is 10.0. The topological polar surface area (TPSA) is 117 Å². The number of carbonyl (C=O) groups is 2. The van der Waals surface area contributed by atoms with Crippen molar-refractivity contribution in [2.24, 2.45) is 0 Å². The molecule has 0 aliphatic heterocycles. The van der Waals surface area contributed by atoms with Gasteiger partial charge in [0.2, 0.25) is 0 Å². The van der Waals surface area contributed by atoms with Gasteiger partial charge in [0.25, 0.3) is 5.91 Å². The van der Waals surface area contributed by atoms with E-state index in [2.05, 4.69) is 15.4 Å². The van der Waals surface area contributed by atoms with Gasteiger partial charge >= 0.3 is 5.97 Å². The van der Waals surface area contributed by atoms with Crippen molar-refractivity contribution in [1.82, 2.24) is 20.1 Å². The van der Waals surface area contributed by atoms with E-state index >= 15 is 0 Å². The van der Waals surface area contributed by atoms with Crippen LogP contribution in [0.4, 0.5) is 0 Å². The highest BCUT2D eigenvalue weighted by Gasteiger charge is 2.20. The van der Waals surface area contributed by atoms with Crippen molar-refractivity contribution < 1.29 is 19.8 Å². The lowest BCUT2D eigenvalue weighted by molar-refractivity contribution is 0.0699. The van der Waals surface area contributed by atoms with Crippen LogP contribution in [-0.4, -0.2) is 42.9 Å². The van der Waals surface area contributed by atoms with Gasteiger partial charge in [-0.15, -0.1) is 0 Å². The SMILES string of the molecule is O=C(N[C@@H](Cc1ccc(O)cc1)Cn1cccn1)c1cc(C(=O)O)c2cc(C=Cc3ccc(Cl)cc3)ccc2n1. The second-order valence-electron chi connectivity index (χ2n) is 9.29. The maximum atomic E-state index is 13.3. The summed E-state index contributed by atoms with van der Waals surface area (Å²) in [6.07, 6.45) is 7.70. The van der Waals surface area contributed by atoms with E-state index in [0.717, 1.165) is 16.7 Å². The summed E-state index contributed by atoms with van der Waals surface area (Å²) < 4.78 is 1.71. The van der Waals surface area contributed by atoms with Gasteiger partial charge in [-0.25, -0.2) is 9.78 Å². The zero-order valence-electron chi connectivity index (χ0n) is 21.2. The molecule has 1 atom stereocenters. The fraction of sp³-hybridized carbons (Fsp3) is 0.0968. The Morgan fingerprint density at radius 3 is 2.40 bits per heavy atom. The zero-order chi connectivity index (χ0) is 28.1. The standard InChI is InChI=1S/C31H25ClN4O4/c32-23-9-4-20(5-10-23)2-3-22-8-13-28-26(17-22)27(31(39)40)18-29(35-28)30(38)34-24(19-36-15-1-14-33-36)16-21-6-11-25(37)12-7-21/h1-15,17-18,24,37H,16,19H2,(H,34,38)(H,39,40)/t24-/m0/s1. The Morgan fingerprint density at radius 1 is 0.975 bits per heavy atom. The van der Waals surface area contributed by atoms with E-state index in [9.17, 15) is 19.8 Å². The molecular weight excluding hydrogens is 528 g/mol. The molecule has 9 heteroatoms. The molecule has 0 saturated heterocycles. The lowest BCUT2D eigenvalue weighted by Gasteiger charge is -2.19. The molecule has 0 aliphatic carbocycles. The van der Waals surface area contributed by atoms with Crippen LogP contribution >= 0.6 is 11.6 Å². The summed E-state index contributed by atoms with van der Waals surface area (Å²) in [5, 5.41) is 27.9. The van der Waals surface area contributed by atoms with Crippen LogP contribution in [0.15, 0.2) is 91.3 Å². The van der Waals surface area contributed by atoms with Crippen LogP contribution < -0.4 is 5.32 Å². The summed E-state index contributed by atoms with van der Waals surface area (Å²) in [4.78, 5) is 30.0. The number of hydrogen-bond acceptors (Lipinski definition) is 5. The van der Waals surface area contributed by atoms with Crippen LogP contribution in [-0.2, 0) is 13.0 Å². The molecular formula is C31H25ClN4O4. The van der Waals surface area contributed by atoms with Crippen LogP contribution in [0.25, 0.3) is 23.1 Å². The van der Waals surface area contributed by atoms with Gasteiger partial charge in [0.15, 0.2) is 0 Å². The van der Waals surface area contributed by atoms with Crippen LogP contribution in [0, 0.1) is 0 Å². The van der Waals surface area contributed by atoms with Gasteiger partial charge in [-0.2, -0.15) is 5.10 Å². The van der Waals surface area contributed by atoms with Crippen molar-refractivity contribution in [2.75, 3.05) is 0 Å². The number of phenols is 1. The molecule has 1 amide bonds. The largest absolute Gasteiger partial charge is 0.508 e. The summed E-state index contributed by atoms with van der Waals surface area (Å²) in [5.41, 5.74) is 3.04. The Hall–Kier alpha value is -4.95. The number of aromatic carboxylic acids is 1. The maximum Gasteiger partial charge on any atom is 0.336 e. The fourth-order valence-electron chi connectivity index (χ4n) is 4.38. The third-order valence-corrected chi connectivity index (χ3v) is 6.61. The van der Waals surface area contributed by atoms with Gasteiger partial charge in [0.05, 0.1) is 23.7 Å². The number of aromatic nitrogens is 3. The monoisotopic (exact) mass is 552 g/mol. The molecule has 0 spiro atoms. The van der Waals surface area contributed by atoms with Gasteiger partial charge in [-0.3, -0.25) is 9.48 Å². The molecule has 5 rings (SSSR count). The highest BCUT2D eigenvalue weighted by atomic mass is 35.5. The number of nitrogens with one attached hydrogen (secondary N) is 1. The number of carboxylic acid groups (broad SMARTS) is 1. The van der Waals surface area contributed by atoms with Crippen molar-refractivity contribution in [3.8, 4) is 5.75 Å². The quantitative estimate of drug-likeness (QED) is 0.202. The Bertz CT molecular complexity index is 1680. The first kappa shape index (κ1) is 26.6. The highest BCUT2D eigenvalue weighted by Crippen LogP contribution is 2.23. The Kier molecular flexibility index (Phi) is 7.89. The van der Waals surface area contributed by atoms with Gasteiger partial charge in [0, 0.05) is 22.8 Å². The lowest BCUT2D eigenvalue weighted by Crippen LogP contribution is -2.40. The van der Waals surface area contributed by atoms with E-state index < -0.39 is 11.9 Å². The molecule has 200 valence electrons. The van der Waals surface area contributed by atoms with Crippen molar-refractivity contribution in [1.29, 1.82) is 0 Å². The number of rotatable bonds is 9. The number of benzene rings is 3. The minimum Gasteiger partial charge on any atom is -0.508 e. The number of pyridine rings is 1. The normalized spacial score (nSPS) is 12.0. The zero-order valence-corrected chi connectivity index (χ0v) is 22.0. The second kappa shape index (κ2) is 11.8. The molecule has 2 heterocycles. The first-order valence-electron chi connectivity index (χ1n) is 12.5. The number of halogens is 1. The van der Waals surface area contributed by atoms with Gasteiger partial charge in [0.1, 0.15) is 11.4 Å². The smallest absolute Gasteiger partial charge is 0.336 e. The van der Waals surface area contributed by atoms with Crippen LogP contribution in [0.1, 0.15) is 37.5 Å². The average Bonchev–Trinajstić information content (AvgIpc) is 3.46. The molecule has 3 aromatic carbocycles. The molecule has 0 aliphatic rings. The molecule has 0 bridgehead atoms. The molecule has 0 radical (unpaired) electrons. The predicted molar refractivity (Wildman–Crippen MR) is 154 cm³/mol. The molecule has 8 nitrogen and oxygen atoms in total. The Balaban J connectivity index is 1.41. The molecule has 3 N–H and O–H groups in total. The molecule has 0 unspecified atom stereocenters.